The Labute approximate surface area is 151 Å². The fourth-order valence-electron chi connectivity index (χ4n) is 2.27. The van der Waals surface area contributed by atoms with E-state index < -0.39 is 10.0 Å². The van der Waals surface area contributed by atoms with E-state index in [1.165, 1.54) is 14.0 Å². The summed E-state index contributed by atoms with van der Waals surface area (Å²) in [7, 11) is 1.58. The number of nitrogens with one attached hydrogen (secondary N) is 1. The van der Waals surface area contributed by atoms with Crippen LogP contribution >= 0.6 is 0 Å². The van der Waals surface area contributed by atoms with Crippen molar-refractivity contribution in [3.63, 3.8) is 0 Å². The molecule has 0 aromatic heterocycles. The molecule has 1 aromatic rings. The van der Waals surface area contributed by atoms with E-state index in [-0.39, 0.29) is 17.3 Å². The summed E-state index contributed by atoms with van der Waals surface area (Å²) < 4.78 is 32.9. The van der Waals surface area contributed by atoms with E-state index in [0.29, 0.717) is 18.8 Å². The number of hydrogen-bond donors (Lipinski definition) is 1. The molecule has 7 nitrogen and oxygen atoms in total. The van der Waals surface area contributed by atoms with Gasteiger partial charge in [0.2, 0.25) is 15.9 Å². The molecule has 1 N–H and O–H groups in total. The number of nitrogens with zero attached hydrogens (tertiary/aromatic N) is 2. The van der Waals surface area contributed by atoms with Gasteiger partial charge in [-0.15, -0.1) is 0 Å². The molecule has 0 saturated heterocycles. The Morgan fingerprint density at radius 3 is 2.24 bits per heavy atom. The SMILES string of the molecule is COc1cc(C)c(C)cc1S(=O)(=O)NCCN(CCN(C)C)C(C)=O. The molecular formula is C17H29N3O4S. The largest absolute Gasteiger partial charge is 0.495 e. The minimum absolute atomic E-state index is 0.0789. The third-order valence-corrected chi connectivity index (χ3v) is 5.49. The maximum absolute atomic E-state index is 12.6. The first-order valence-electron chi connectivity index (χ1n) is 8.13. The number of sulfonamides is 1. The molecular weight excluding hydrogens is 342 g/mol. The summed E-state index contributed by atoms with van der Waals surface area (Å²) in [4.78, 5) is 15.4. The molecule has 0 aliphatic rings. The van der Waals surface area contributed by atoms with Crippen LogP contribution in [-0.2, 0) is 14.8 Å². The van der Waals surface area contributed by atoms with Crippen molar-refractivity contribution in [2.75, 3.05) is 47.4 Å². The van der Waals surface area contributed by atoms with Gasteiger partial charge in [0.15, 0.2) is 0 Å². The second kappa shape index (κ2) is 9.17. The Morgan fingerprint density at radius 1 is 1.12 bits per heavy atom. The Morgan fingerprint density at radius 2 is 1.72 bits per heavy atom. The molecule has 0 radical (unpaired) electrons. The molecule has 0 aliphatic carbocycles. The number of aryl methyl sites for hydroxylation is 2. The summed E-state index contributed by atoms with van der Waals surface area (Å²) in [5.41, 5.74) is 1.83. The lowest BCUT2D eigenvalue weighted by Gasteiger charge is -2.23. The first kappa shape index (κ1) is 21.4. The molecule has 0 aliphatic heterocycles. The predicted molar refractivity (Wildman–Crippen MR) is 98.5 cm³/mol. The van der Waals surface area contributed by atoms with Gasteiger partial charge < -0.3 is 14.5 Å². The van der Waals surface area contributed by atoms with Crippen LogP contribution in [0.25, 0.3) is 0 Å². The van der Waals surface area contributed by atoms with Crippen molar-refractivity contribution in [3.05, 3.63) is 23.3 Å². The fraction of sp³-hybridized carbons (Fsp3) is 0.588. The first-order chi connectivity index (χ1) is 11.6. The average molecular weight is 372 g/mol. The normalized spacial score (nSPS) is 11.6. The van der Waals surface area contributed by atoms with E-state index in [9.17, 15) is 13.2 Å². The maximum atomic E-state index is 12.6. The minimum Gasteiger partial charge on any atom is -0.495 e. The summed E-state index contributed by atoms with van der Waals surface area (Å²) in [5, 5.41) is 0. The topological polar surface area (TPSA) is 79.0 Å². The minimum atomic E-state index is -3.72. The van der Waals surface area contributed by atoms with Gasteiger partial charge in [0.1, 0.15) is 10.6 Å². The second-order valence-electron chi connectivity index (χ2n) is 6.29. The smallest absolute Gasteiger partial charge is 0.244 e. The molecule has 1 aromatic carbocycles. The van der Waals surface area contributed by atoms with Crippen LogP contribution in [0.2, 0.25) is 0 Å². The molecule has 0 saturated carbocycles. The van der Waals surface area contributed by atoms with Crippen LogP contribution in [0.3, 0.4) is 0 Å². The Kier molecular flexibility index (Phi) is 7.85. The lowest BCUT2D eigenvalue weighted by Crippen LogP contribution is -2.40. The first-order valence-corrected chi connectivity index (χ1v) is 9.62. The van der Waals surface area contributed by atoms with E-state index in [0.717, 1.165) is 17.7 Å². The maximum Gasteiger partial charge on any atom is 0.244 e. The fourth-order valence-corrected chi connectivity index (χ4v) is 3.53. The number of likely N-dealkylation sites (N-methyl/N-ethyl adjacent to an activating group) is 1. The number of rotatable bonds is 9. The summed E-state index contributed by atoms with van der Waals surface area (Å²) in [5.74, 6) is 0.233. The number of carbonyl (C=O) groups is 1. The zero-order valence-electron chi connectivity index (χ0n) is 15.9. The highest BCUT2D eigenvalue weighted by atomic mass is 32.2. The highest BCUT2D eigenvalue weighted by Gasteiger charge is 2.21. The molecule has 25 heavy (non-hydrogen) atoms. The summed E-state index contributed by atoms with van der Waals surface area (Å²) >= 11 is 0. The van der Waals surface area contributed by atoms with Crippen LogP contribution < -0.4 is 9.46 Å². The lowest BCUT2D eigenvalue weighted by molar-refractivity contribution is -0.128. The van der Waals surface area contributed by atoms with E-state index in [1.54, 1.807) is 17.0 Å². The van der Waals surface area contributed by atoms with Crippen molar-refractivity contribution < 1.29 is 17.9 Å². The number of methoxy groups -OCH3 is 1. The van der Waals surface area contributed by atoms with Crippen molar-refractivity contribution in [1.82, 2.24) is 14.5 Å². The number of hydrogen-bond acceptors (Lipinski definition) is 5. The van der Waals surface area contributed by atoms with E-state index in [1.807, 2.05) is 32.8 Å². The monoisotopic (exact) mass is 371 g/mol. The van der Waals surface area contributed by atoms with Crippen molar-refractivity contribution in [1.29, 1.82) is 0 Å². The van der Waals surface area contributed by atoms with Gasteiger partial charge in [0.05, 0.1) is 7.11 Å². The summed E-state index contributed by atoms with van der Waals surface area (Å²) in [6, 6.07) is 3.31. The van der Waals surface area contributed by atoms with Crippen LogP contribution in [0.4, 0.5) is 0 Å². The van der Waals surface area contributed by atoms with Gasteiger partial charge in [-0.2, -0.15) is 0 Å². The molecule has 8 heteroatoms. The number of carbonyl (C=O) groups excluding carboxylic acids is 1. The standard InChI is InChI=1S/C17H29N3O4S/c1-13-11-16(24-6)17(12-14(13)2)25(22,23)18-7-8-20(15(3)21)10-9-19(4)5/h11-12,18H,7-10H2,1-6H3. The molecule has 1 rings (SSSR count). The van der Waals surface area contributed by atoms with Gasteiger partial charge in [0.25, 0.3) is 0 Å². The zero-order chi connectivity index (χ0) is 19.2. The van der Waals surface area contributed by atoms with E-state index in [2.05, 4.69) is 4.72 Å². The van der Waals surface area contributed by atoms with Crippen molar-refractivity contribution in [2.45, 2.75) is 25.7 Å². The molecule has 0 atom stereocenters. The molecule has 1 amide bonds. The highest BCUT2D eigenvalue weighted by Crippen LogP contribution is 2.27. The van der Waals surface area contributed by atoms with Crippen LogP contribution in [-0.4, -0.2) is 71.5 Å². The highest BCUT2D eigenvalue weighted by molar-refractivity contribution is 7.89. The van der Waals surface area contributed by atoms with Crippen molar-refractivity contribution in [3.8, 4) is 5.75 Å². The number of amides is 1. The number of ether oxygens (including phenoxy) is 1. The Hall–Kier alpha value is -1.64. The third-order valence-electron chi connectivity index (χ3n) is 4.01. The predicted octanol–water partition coefficient (Wildman–Crippen LogP) is 1.00. The van der Waals surface area contributed by atoms with Gasteiger partial charge >= 0.3 is 0 Å². The molecule has 142 valence electrons. The molecule has 0 heterocycles. The number of benzene rings is 1. The lowest BCUT2D eigenvalue weighted by atomic mass is 10.1. The Bertz CT molecular complexity index is 702. The van der Waals surface area contributed by atoms with Crippen LogP contribution in [0, 0.1) is 13.8 Å². The van der Waals surface area contributed by atoms with E-state index >= 15 is 0 Å². The molecule has 0 bridgehead atoms. The van der Waals surface area contributed by atoms with Crippen molar-refractivity contribution >= 4 is 15.9 Å². The van der Waals surface area contributed by atoms with Gasteiger partial charge in [-0.05, 0) is 51.2 Å². The summed E-state index contributed by atoms with van der Waals surface area (Å²) in [6.07, 6.45) is 0. The van der Waals surface area contributed by atoms with Crippen molar-refractivity contribution in [2.24, 2.45) is 0 Å². The molecule has 0 spiro atoms. The van der Waals surface area contributed by atoms with Gasteiger partial charge in [-0.25, -0.2) is 13.1 Å². The van der Waals surface area contributed by atoms with E-state index in [4.69, 9.17) is 4.74 Å². The quantitative estimate of drug-likeness (QED) is 0.701. The molecule has 0 fully saturated rings. The van der Waals surface area contributed by atoms with Crippen LogP contribution in [0.5, 0.6) is 5.75 Å². The average Bonchev–Trinajstić information content (AvgIpc) is 2.51. The van der Waals surface area contributed by atoms with Gasteiger partial charge in [-0.1, -0.05) is 0 Å². The molecule has 0 unspecified atom stereocenters. The second-order valence-corrected chi connectivity index (χ2v) is 8.03. The Balaban J connectivity index is 2.82. The van der Waals surface area contributed by atoms with Crippen LogP contribution in [0.15, 0.2) is 17.0 Å². The zero-order valence-corrected chi connectivity index (χ0v) is 16.7. The van der Waals surface area contributed by atoms with Gasteiger partial charge in [-0.3, -0.25) is 4.79 Å². The third kappa shape index (κ3) is 6.30. The van der Waals surface area contributed by atoms with Gasteiger partial charge in [0, 0.05) is 33.1 Å². The van der Waals surface area contributed by atoms with Crippen LogP contribution in [0.1, 0.15) is 18.1 Å². The summed E-state index contributed by atoms with van der Waals surface area (Å²) in [6.45, 7) is 6.97.